The third-order valence-electron chi connectivity index (χ3n) is 2.66. The Labute approximate surface area is 138 Å². The molecule has 0 spiro atoms. The first kappa shape index (κ1) is 19.6. The lowest BCUT2D eigenvalue weighted by Crippen LogP contribution is -2.31. The van der Waals surface area contributed by atoms with E-state index in [1.54, 1.807) is 39.0 Å². The van der Waals surface area contributed by atoms with Gasteiger partial charge < -0.3 is 0 Å². The first-order valence-electron chi connectivity index (χ1n) is 7.68. The van der Waals surface area contributed by atoms with Gasteiger partial charge in [-0.15, -0.1) is 0 Å². The second-order valence-corrected chi connectivity index (χ2v) is 7.90. The molecule has 0 unspecified atom stereocenters. The van der Waals surface area contributed by atoms with Gasteiger partial charge in [-0.2, -0.15) is 4.89 Å². The van der Waals surface area contributed by atoms with Crippen molar-refractivity contribution >= 4 is 5.97 Å². The minimum atomic E-state index is -0.829. The molecule has 0 saturated heterocycles. The predicted octanol–water partition coefficient (Wildman–Crippen LogP) is 4.56. The summed E-state index contributed by atoms with van der Waals surface area (Å²) >= 11 is 0. The monoisotopic (exact) mass is 324 g/mol. The lowest BCUT2D eigenvalue weighted by atomic mass is 9.93. The van der Waals surface area contributed by atoms with E-state index in [0.29, 0.717) is 11.1 Å². The Kier molecular flexibility index (Phi) is 5.96. The second-order valence-electron chi connectivity index (χ2n) is 7.90. The van der Waals surface area contributed by atoms with E-state index in [0.717, 1.165) is 0 Å². The summed E-state index contributed by atoms with van der Waals surface area (Å²) in [6, 6.07) is 7.07. The van der Waals surface area contributed by atoms with Crippen molar-refractivity contribution < 1.29 is 24.3 Å². The molecule has 0 N–H and O–H groups in total. The molecule has 130 valence electrons. The third kappa shape index (κ3) is 6.69. The van der Waals surface area contributed by atoms with Crippen LogP contribution in [0.3, 0.4) is 0 Å². The minimum absolute atomic E-state index is 0.374. The molecule has 0 aromatic heterocycles. The maximum Gasteiger partial charge on any atom is 0.373 e. The van der Waals surface area contributed by atoms with Crippen LogP contribution in [-0.4, -0.2) is 17.2 Å². The molecule has 0 aliphatic carbocycles. The summed E-state index contributed by atoms with van der Waals surface area (Å²) < 4.78 is 0. The van der Waals surface area contributed by atoms with Crippen LogP contribution in [0, 0.1) is 0 Å². The fourth-order valence-electron chi connectivity index (χ4n) is 1.67. The van der Waals surface area contributed by atoms with Crippen molar-refractivity contribution in [2.45, 2.75) is 72.2 Å². The maximum atomic E-state index is 12.3. The smallest absolute Gasteiger partial charge is 0.292 e. The van der Waals surface area contributed by atoms with E-state index >= 15 is 0 Å². The van der Waals surface area contributed by atoms with Crippen LogP contribution in [0.5, 0.6) is 0 Å². The minimum Gasteiger partial charge on any atom is -0.292 e. The van der Waals surface area contributed by atoms with Crippen LogP contribution in [0.15, 0.2) is 24.3 Å². The summed E-state index contributed by atoms with van der Waals surface area (Å²) in [5.41, 5.74) is -0.829. The van der Waals surface area contributed by atoms with Crippen LogP contribution < -0.4 is 0 Å². The van der Waals surface area contributed by atoms with E-state index in [1.807, 2.05) is 40.7 Å². The number of hydrogen-bond donors (Lipinski definition) is 0. The van der Waals surface area contributed by atoms with Gasteiger partial charge in [0.15, 0.2) is 0 Å². The second kappa shape index (κ2) is 6.99. The number of carbonyl (C=O) groups is 1. The van der Waals surface area contributed by atoms with Crippen molar-refractivity contribution in [2.24, 2.45) is 0 Å². The number of benzene rings is 1. The van der Waals surface area contributed by atoms with Crippen LogP contribution in [0.1, 0.15) is 71.3 Å². The molecule has 0 amide bonds. The predicted molar refractivity (Wildman–Crippen MR) is 87.6 cm³/mol. The third-order valence-corrected chi connectivity index (χ3v) is 2.66. The van der Waals surface area contributed by atoms with Crippen LogP contribution in [0.2, 0.25) is 0 Å². The molecule has 0 atom stereocenters. The van der Waals surface area contributed by atoms with Gasteiger partial charge in [0.25, 0.3) is 0 Å². The Morgan fingerprint density at radius 3 is 1.83 bits per heavy atom. The zero-order chi connectivity index (χ0) is 17.9. The molecule has 0 heterocycles. The van der Waals surface area contributed by atoms with E-state index in [-0.39, 0.29) is 0 Å². The summed E-state index contributed by atoms with van der Waals surface area (Å²) in [6.45, 7) is 14.7. The first-order chi connectivity index (χ1) is 10.3. The van der Waals surface area contributed by atoms with Gasteiger partial charge >= 0.3 is 5.97 Å². The highest BCUT2D eigenvalue weighted by atomic mass is 17.2. The van der Waals surface area contributed by atoms with Gasteiger partial charge in [-0.3, -0.25) is 4.89 Å². The van der Waals surface area contributed by atoms with Crippen molar-refractivity contribution in [3.63, 3.8) is 0 Å². The van der Waals surface area contributed by atoms with Crippen molar-refractivity contribution in [2.75, 3.05) is 0 Å². The molecule has 0 aliphatic rings. The Balaban J connectivity index is 2.98. The van der Waals surface area contributed by atoms with Gasteiger partial charge in [0.2, 0.25) is 0 Å². The molecule has 1 rings (SSSR count). The quantitative estimate of drug-likeness (QED) is 0.587. The Bertz CT molecular complexity index is 535. The van der Waals surface area contributed by atoms with Crippen molar-refractivity contribution in [3.05, 3.63) is 35.4 Å². The summed E-state index contributed by atoms with van der Waals surface area (Å²) in [7, 11) is 0. The van der Waals surface area contributed by atoms with E-state index in [9.17, 15) is 4.79 Å². The molecular weight excluding hydrogens is 296 g/mol. The average Bonchev–Trinajstić information content (AvgIpc) is 2.41. The van der Waals surface area contributed by atoms with Crippen LogP contribution in [0.25, 0.3) is 0 Å². The van der Waals surface area contributed by atoms with Gasteiger partial charge in [0, 0.05) is 5.56 Å². The van der Waals surface area contributed by atoms with Crippen molar-refractivity contribution in [1.82, 2.24) is 0 Å². The number of carbonyl (C=O) groups excluding carboxylic acids is 1. The van der Waals surface area contributed by atoms with Crippen LogP contribution in [0.4, 0.5) is 0 Å². The Morgan fingerprint density at radius 2 is 1.30 bits per heavy atom. The molecular formula is C18H28O5. The largest absolute Gasteiger partial charge is 0.373 e. The summed E-state index contributed by atoms with van der Waals surface area (Å²) in [5.74, 6) is -0.567. The van der Waals surface area contributed by atoms with Gasteiger partial charge in [0.05, 0.1) is 11.2 Å². The lowest BCUT2D eigenvalue weighted by Gasteiger charge is -2.30. The fourth-order valence-corrected chi connectivity index (χ4v) is 1.67. The van der Waals surface area contributed by atoms with Gasteiger partial charge in [-0.1, -0.05) is 18.2 Å². The van der Waals surface area contributed by atoms with E-state index in [1.165, 1.54) is 0 Å². The lowest BCUT2D eigenvalue weighted by molar-refractivity contribution is -0.401. The topological polar surface area (TPSA) is 54.0 Å². The van der Waals surface area contributed by atoms with Crippen LogP contribution in [-0.2, 0) is 25.2 Å². The molecule has 0 fully saturated rings. The standard InChI is InChI=1S/C18H28O5/c1-16(2,3)21-20-15(19)13-11-9-10-12-14(13)18(7,8)23-22-17(4,5)6/h9-12H,1-8H3. The average molecular weight is 324 g/mol. The molecule has 1 aromatic rings. The summed E-state index contributed by atoms with van der Waals surface area (Å²) in [4.78, 5) is 33.3. The van der Waals surface area contributed by atoms with E-state index in [4.69, 9.17) is 19.6 Å². The zero-order valence-electron chi connectivity index (χ0n) is 15.4. The van der Waals surface area contributed by atoms with E-state index < -0.39 is 22.8 Å². The highest BCUT2D eigenvalue weighted by molar-refractivity contribution is 5.91. The number of hydrogen-bond acceptors (Lipinski definition) is 5. The molecule has 1 aromatic carbocycles. The van der Waals surface area contributed by atoms with Crippen molar-refractivity contribution in [1.29, 1.82) is 0 Å². The molecule has 0 bridgehead atoms. The molecule has 0 aliphatic heterocycles. The van der Waals surface area contributed by atoms with Gasteiger partial charge in [-0.25, -0.2) is 14.6 Å². The Morgan fingerprint density at radius 1 is 0.783 bits per heavy atom. The normalized spacial score (nSPS) is 13.0. The zero-order valence-corrected chi connectivity index (χ0v) is 15.4. The van der Waals surface area contributed by atoms with Crippen LogP contribution >= 0.6 is 0 Å². The molecule has 0 saturated carbocycles. The SMILES string of the molecule is CC(C)(C)OOC(=O)c1ccccc1C(C)(C)OOC(C)(C)C. The van der Waals surface area contributed by atoms with Crippen molar-refractivity contribution in [3.8, 4) is 0 Å². The first-order valence-corrected chi connectivity index (χ1v) is 7.68. The molecule has 0 radical (unpaired) electrons. The van der Waals surface area contributed by atoms with Gasteiger partial charge in [0.1, 0.15) is 11.2 Å². The summed E-state index contributed by atoms with van der Waals surface area (Å²) in [5, 5.41) is 0. The fraction of sp³-hybridized carbons (Fsp3) is 0.611. The van der Waals surface area contributed by atoms with E-state index in [2.05, 4.69) is 0 Å². The highest BCUT2D eigenvalue weighted by Gasteiger charge is 2.31. The molecule has 23 heavy (non-hydrogen) atoms. The highest BCUT2D eigenvalue weighted by Crippen LogP contribution is 2.30. The number of rotatable bonds is 5. The molecule has 5 heteroatoms. The maximum absolute atomic E-state index is 12.3. The van der Waals surface area contributed by atoms with Gasteiger partial charge in [-0.05, 0) is 61.5 Å². The summed E-state index contributed by atoms with van der Waals surface area (Å²) in [6.07, 6.45) is 0. The molecule has 5 nitrogen and oxygen atoms in total. The Hall–Kier alpha value is -1.43.